The molecule has 0 atom stereocenters. The summed E-state index contributed by atoms with van der Waals surface area (Å²) in [6.07, 6.45) is 0. The van der Waals surface area contributed by atoms with Gasteiger partial charge in [0.15, 0.2) is 5.69 Å². The third-order valence-corrected chi connectivity index (χ3v) is 2.72. The highest BCUT2D eigenvalue weighted by Gasteiger charge is 2.18. The van der Waals surface area contributed by atoms with Gasteiger partial charge in [-0.05, 0) is 26.0 Å². The second-order valence-corrected chi connectivity index (χ2v) is 3.98. The predicted molar refractivity (Wildman–Crippen MR) is 71.3 cm³/mol. The summed E-state index contributed by atoms with van der Waals surface area (Å²) in [4.78, 5) is 19.1. The molecule has 5 heteroatoms. The number of aromatic amines is 1. The smallest absolute Gasteiger partial charge is 0.358 e. The number of aromatic nitrogens is 2. The molecule has 0 spiro atoms. The van der Waals surface area contributed by atoms with Crippen LogP contribution in [0.1, 0.15) is 23.1 Å². The van der Waals surface area contributed by atoms with Crippen LogP contribution >= 0.6 is 0 Å². The molecule has 0 aliphatic carbocycles. The zero-order valence-electron chi connectivity index (χ0n) is 11.2. The van der Waals surface area contributed by atoms with Crippen molar-refractivity contribution in [2.45, 2.75) is 13.8 Å². The van der Waals surface area contributed by atoms with Gasteiger partial charge in [0, 0.05) is 5.69 Å². The van der Waals surface area contributed by atoms with Crippen molar-refractivity contribution >= 4 is 5.97 Å². The number of benzene rings is 1. The van der Waals surface area contributed by atoms with Gasteiger partial charge in [-0.2, -0.15) is 0 Å². The maximum Gasteiger partial charge on any atom is 0.358 e. The lowest BCUT2D eigenvalue weighted by atomic mass is 10.2. The number of carbonyl (C=O) groups is 1. The Labute approximate surface area is 111 Å². The maximum atomic E-state index is 11.7. The summed E-state index contributed by atoms with van der Waals surface area (Å²) in [5.41, 5.74) is 1.80. The Kier molecular flexibility index (Phi) is 3.85. The fourth-order valence-corrected chi connectivity index (χ4v) is 1.83. The van der Waals surface area contributed by atoms with E-state index >= 15 is 0 Å². The van der Waals surface area contributed by atoms with Crippen molar-refractivity contribution in [2.75, 3.05) is 13.7 Å². The lowest BCUT2D eigenvalue weighted by Crippen LogP contribution is -2.06. The Bertz CT molecular complexity index is 590. The molecular formula is C14H16N2O3. The third-order valence-electron chi connectivity index (χ3n) is 2.72. The molecule has 0 amide bonds. The van der Waals surface area contributed by atoms with E-state index in [0.29, 0.717) is 29.6 Å². The van der Waals surface area contributed by atoms with Gasteiger partial charge >= 0.3 is 5.97 Å². The van der Waals surface area contributed by atoms with E-state index < -0.39 is 5.97 Å². The number of hydrogen-bond acceptors (Lipinski definition) is 4. The molecular weight excluding hydrogens is 244 g/mol. The van der Waals surface area contributed by atoms with Gasteiger partial charge in [-0.15, -0.1) is 0 Å². The Hall–Kier alpha value is -2.30. The van der Waals surface area contributed by atoms with Crippen LogP contribution in [-0.2, 0) is 4.74 Å². The fourth-order valence-electron chi connectivity index (χ4n) is 1.83. The highest BCUT2D eigenvalue weighted by atomic mass is 16.5. The lowest BCUT2D eigenvalue weighted by Gasteiger charge is -2.04. The number of nitrogens with zero attached hydrogens (tertiary/aromatic N) is 1. The first-order valence-electron chi connectivity index (χ1n) is 6.04. The van der Waals surface area contributed by atoms with E-state index in [0.717, 1.165) is 5.56 Å². The number of aryl methyl sites for hydroxylation is 1. The lowest BCUT2D eigenvalue weighted by molar-refractivity contribution is 0.0519. The Morgan fingerprint density at radius 2 is 2.11 bits per heavy atom. The summed E-state index contributed by atoms with van der Waals surface area (Å²) in [6.45, 7) is 3.88. The average molecular weight is 260 g/mol. The Morgan fingerprint density at radius 3 is 2.79 bits per heavy atom. The zero-order chi connectivity index (χ0) is 13.8. The number of ether oxygens (including phenoxy) is 2. The van der Waals surface area contributed by atoms with E-state index in [1.165, 1.54) is 0 Å². The van der Waals surface area contributed by atoms with Crippen molar-refractivity contribution in [3.05, 3.63) is 35.7 Å². The number of carbonyl (C=O) groups excluding carboxylic acids is 1. The molecule has 100 valence electrons. The summed E-state index contributed by atoms with van der Waals surface area (Å²) >= 11 is 0. The van der Waals surface area contributed by atoms with Gasteiger partial charge in [0.05, 0.1) is 19.3 Å². The van der Waals surface area contributed by atoms with Gasteiger partial charge in [0.2, 0.25) is 0 Å². The number of H-pyrrole nitrogens is 1. The fraction of sp³-hybridized carbons (Fsp3) is 0.286. The first-order chi connectivity index (χ1) is 9.17. The first-order valence-corrected chi connectivity index (χ1v) is 6.04. The van der Waals surface area contributed by atoms with Crippen molar-refractivity contribution in [3.8, 4) is 17.1 Å². The molecule has 0 saturated carbocycles. The van der Waals surface area contributed by atoms with E-state index in [2.05, 4.69) is 9.97 Å². The molecule has 0 fully saturated rings. The van der Waals surface area contributed by atoms with Crippen LogP contribution in [0.2, 0.25) is 0 Å². The van der Waals surface area contributed by atoms with E-state index in [1.807, 2.05) is 24.3 Å². The van der Waals surface area contributed by atoms with Crippen molar-refractivity contribution < 1.29 is 14.3 Å². The second-order valence-electron chi connectivity index (χ2n) is 3.98. The third kappa shape index (κ3) is 2.59. The topological polar surface area (TPSA) is 64.2 Å². The molecule has 2 aromatic rings. The molecule has 1 aromatic heterocycles. The normalized spacial score (nSPS) is 10.3. The minimum atomic E-state index is -0.419. The zero-order valence-corrected chi connectivity index (χ0v) is 11.2. The number of hydrogen-bond donors (Lipinski definition) is 1. The number of methoxy groups -OCH3 is 1. The molecule has 1 aromatic carbocycles. The summed E-state index contributed by atoms with van der Waals surface area (Å²) in [6, 6.07) is 7.49. The van der Waals surface area contributed by atoms with Crippen LogP contribution < -0.4 is 4.74 Å². The number of rotatable bonds is 4. The van der Waals surface area contributed by atoms with Crippen LogP contribution in [0.5, 0.6) is 5.75 Å². The highest BCUT2D eigenvalue weighted by molar-refractivity contribution is 5.89. The molecule has 2 rings (SSSR count). The summed E-state index contributed by atoms with van der Waals surface area (Å²) in [5, 5.41) is 0. The van der Waals surface area contributed by atoms with Crippen LogP contribution in [0.3, 0.4) is 0 Å². The molecule has 1 N–H and O–H groups in total. The molecule has 0 radical (unpaired) electrons. The summed E-state index contributed by atoms with van der Waals surface area (Å²) < 4.78 is 10.2. The minimum Gasteiger partial charge on any atom is -0.496 e. The van der Waals surface area contributed by atoms with E-state index in [-0.39, 0.29) is 0 Å². The Morgan fingerprint density at radius 1 is 1.37 bits per heavy atom. The molecule has 0 unspecified atom stereocenters. The van der Waals surface area contributed by atoms with Crippen LogP contribution in [0.15, 0.2) is 24.3 Å². The number of imidazole rings is 1. The van der Waals surface area contributed by atoms with E-state index in [4.69, 9.17) is 9.47 Å². The van der Waals surface area contributed by atoms with Crippen molar-refractivity contribution in [1.29, 1.82) is 0 Å². The SMILES string of the molecule is CCOC(=O)c1nc(-c2ccccc2OC)[nH]c1C. The van der Waals surface area contributed by atoms with Gasteiger partial charge in [-0.25, -0.2) is 9.78 Å². The molecule has 19 heavy (non-hydrogen) atoms. The molecule has 5 nitrogen and oxygen atoms in total. The van der Waals surface area contributed by atoms with E-state index in [9.17, 15) is 4.79 Å². The van der Waals surface area contributed by atoms with Crippen LogP contribution in [0.25, 0.3) is 11.4 Å². The van der Waals surface area contributed by atoms with E-state index in [1.54, 1.807) is 21.0 Å². The predicted octanol–water partition coefficient (Wildman–Crippen LogP) is 2.57. The van der Waals surface area contributed by atoms with Gasteiger partial charge in [0.1, 0.15) is 11.6 Å². The van der Waals surface area contributed by atoms with Gasteiger partial charge in [-0.1, -0.05) is 12.1 Å². The average Bonchev–Trinajstić information content (AvgIpc) is 2.81. The van der Waals surface area contributed by atoms with Crippen LogP contribution in [0, 0.1) is 6.92 Å². The maximum absolute atomic E-state index is 11.7. The monoisotopic (exact) mass is 260 g/mol. The summed E-state index contributed by atoms with van der Waals surface area (Å²) in [7, 11) is 1.60. The van der Waals surface area contributed by atoms with Crippen LogP contribution in [0.4, 0.5) is 0 Å². The minimum absolute atomic E-state index is 0.308. The van der Waals surface area contributed by atoms with Gasteiger partial charge < -0.3 is 14.5 Å². The van der Waals surface area contributed by atoms with Crippen molar-refractivity contribution in [2.24, 2.45) is 0 Å². The Balaban J connectivity index is 2.42. The standard InChI is InChI=1S/C14H16N2O3/c1-4-19-14(17)12-9(2)15-13(16-12)10-7-5-6-8-11(10)18-3/h5-8H,4H2,1-3H3,(H,15,16). The van der Waals surface area contributed by atoms with Gasteiger partial charge in [-0.3, -0.25) is 0 Å². The largest absolute Gasteiger partial charge is 0.496 e. The van der Waals surface area contributed by atoms with Crippen LogP contribution in [-0.4, -0.2) is 29.7 Å². The summed E-state index contributed by atoms with van der Waals surface area (Å²) in [5.74, 6) is 0.877. The molecule has 1 heterocycles. The number of para-hydroxylation sites is 1. The number of esters is 1. The first kappa shape index (κ1) is 13.1. The quantitative estimate of drug-likeness (QED) is 0.858. The number of nitrogens with one attached hydrogen (secondary N) is 1. The highest BCUT2D eigenvalue weighted by Crippen LogP contribution is 2.28. The van der Waals surface area contributed by atoms with Crippen molar-refractivity contribution in [3.63, 3.8) is 0 Å². The van der Waals surface area contributed by atoms with Crippen molar-refractivity contribution in [1.82, 2.24) is 9.97 Å². The molecule has 0 saturated heterocycles. The molecule has 0 aliphatic heterocycles. The molecule has 0 bridgehead atoms. The second kappa shape index (κ2) is 5.56. The molecule has 0 aliphatic rings. The van der Waals surface area contributed by atoms with Gasteiger partial charge in [0.25, 0.3) is 0 Å².